The number of aliphatic hydroxyl groups is 1. The van der Waals surface area contributed by atoms with Gasteiger partial charge in [-0.25, -0.2) is 0 Å². The molecule has 0 aliphatic rings. The minimum atomic E-state index is -0.235. The summed E-state index contributed by atoms with van der Waals surface area (Å²) in [6, 6.07) is 14.6. The lowest BCUT2D eigenvalue weighted by atomic mass is 10.2. The maximum atomic E-state index is 11.8. The molecular weight excluding hydrogens is 254 g/mol. The third kappa shape index (κ3) is 4.10. The summed E-state index contributed by atoms with van der Waals surface area (Å²) >= 11 is 0. The van der Waals surface area contributed by atoms with Gasteiger partial charge in [-0.1, -0.05) is 29.8 Å². The van der Waals surface area contributed by atoms with Gasteiger partial charge in [-0.05, 0) is 36.8 Å². The van der Waals surface area contributed by atoms with Crippen LogP contribution in [0.25, 0.3) is 0 Å². The molecule has 4 nitrogen and oxygen atoms in total. The van der Waals surface area contributed by atoms with Crippen LogP contribution in [-0.4, -0.2) is 17.6 Å². The number of carbonyl (C=O) groups is 1. The summed E-state index contributed by atoms with van der Waals surface area (Å²) < 4.78 is 5.39. The second-order valence-electron chi connectivity index (χ2n) is 4.51. The molecule has 0 aliphatic heterocycles. The number of aryl methyl sites for hydroxylation is 1. The third-order valence-electron chi connectivity index (χ3n) is 2.78. The van der Waals surface area contributed by atoms with Crippen molar-refractivity contribution in [2.45, 2.75) is 13.5 Å². The van der Waals surface area contributed by atoms with Crippen LogP contribution < -0.4 is 10.1 Å². The van der Waals surface area contributed by atoms with Gasteiger partial charge in [0.25, 0.3) is 5.91 Å². The van der Waals surface area contributed by atoms with Crippen LogP contribution in [0.15, 0.2) is 48.5 Å². The van der Waals surface area contributed by atoms with Gasteiger partial charge < -0.3 is 15.2 Å². The second-order valence-corrected chi connectivity index (χ2v) is 4.51. The predicted molar refractivity (Wildman–Crippen MR) is 77.7 cm³/mol. The first-order valence-electron chi connectivity index (χ1n) is 6.36. The van der Waals surface area contributed by atoms with Gasteiger partial charge in [-0.15, -0.1) is 0 Å². The summed E-state index contributed by atoms with van der Waals surface area (Å²) in [6.45, 7) is 1.89. The highest BCUT2D eigenvalue weighted by atomic mass is 16.5. The molecule has 0 aromatic heterocycles. The summed E-state index contributed by atoms with van der Waals surface area (Å²) in [7, 11) is 0. The number of anilines is 1. The van der Waals surface area contributed by atoms with E-state index in [4.69, 9.17) is 9.84 Å². The monoisotopic (exact) mass is 271 g/mol. The average molecular weight is 271 g/mol. The van der Waals surface area contributed by atoms with Crippen LogP contribution in [0.5, 0.6) is 5.75 Å². The van der Waals surface area contributed by atoms with Crippen molar-refractivity contribution in [1.29, 1.82) is 0 Å². The van der Waals surface area contributed by atoms with Crippen molar-refractivity contribution in [3.05, 3.63) is 59.7 Å². The van der Waals surface area contributed by atoms with Crippen molar-refractivity contribution >= 4 is 11.6 Å². The van der Waals surface area contributed by atoms with Gasteiger partial charge in [-0.2, -0.15) is 0 Å². The van der Waals surface area contributed by atoms with Gasteiger partial charge in [0, 0.05) is 5.69 Å². The van der Waals surface area contributed by atoms with Gasteiger partial charge in [0.2, 0.25) is 0 Å². The van der Waals surface area contributed by atoms with Crippen molar-refractivity contribution in [1.82, 2.24) is 0 Å². The third-order valence-corrected chi connectivity index (χ3v) is 2.78. The fourth-order valence-electron chi connectivity index (χ4n) is 1.73. The van der Waals surface area contributed by atoms with E-state index in [-0.39, 0.29) is 19.1 Å². The number of ether oxygens (including phenoxy) is 1. The molecule has 2 rings (SSSR count). The lowest BCUT2D eigenvalue weighted by Gasteiger charge is -2.08. The first-order chi connectivity index (χ1) is 9.67. The molecule has 0 unspecified atom stereocenters. The molecule has 0 fully saturated rings. The van der Waals surface area contributed by atoms with Crippen molar-refractivity contribution in [2.24, 2.45) is 0 Å². The number of hydrogen-bond acceptors (Lipinski definition) is 3. The maximum Gasteiger partial charge on any atom is 0.262 e. The van der Waals surface area contributed by atoms with Crippen LogP contribution in [0, 0.1) is 6.92 Å². The van der Waals surface area contributed by atoms with Crippen LogP contribution in [-0.2, 0) is 11.4 Å². The van der Waals surface area contributed by atoms with E-state index in [1.165, 1.54) is 0 Å². The molecule has 0 heterocycles. The smallest absolute Gasteiger partial charge is 0.262 e. The molecular formula is C16H17NO3. The number of hydrogen-bond donors (Lipinski definition) is 2. The molecule has 0 bridgehead atoms. The molecule has 2 N–H and O–H groups in total. The Kier molecular flexibility index (Phi) is 4.74. The van der Waals surface area contributed by atoms with Crippen LogP contribution >= 0.6 is 0 Å². The predicted octanol–water partition coefficient (Wildman–Crippen LogP) is 2.50. The molecule has 0 saturated heterocycles. The highest BCUT2D eigenvalue weighted by Crippen LogP contribution is 2.12. The topological polar surface area (TPSA) is 58.6 Å². The number of nitrogens with one attached hydrogen (secondary N) is 1. The summed E-state index contributed by atoms with van der Waals surface area (Å²) in [5, 5.41) is 11.8. The second kappa shape index (κ2) is 6.73. The Morgan fingerprint density at radius 2 is 1.95 bits per heavy atom. The molecule has 20 heavy (non-hydrogen) atoms. The molecule has 2 aromatic carbocycles. The molecule has 0 saturated carbocycles. The highest BCUT2D eigenvalue weighted by molar-refractivity contribution is 5.91. The zero-order valence-corrected chi connectivity index (χ0v) is 11.3. The number of carbonyl (C=O) groups excluding carboxylic acids is 1. The Hall–Kier alpha value is -2.33. The van der Waals surface area contributed by atoms with Crippen molar-refractivity contribution < 1.29 is 14.6 Å². The Bertz CT molecular complexity index is 579. The average Bonchev–Trinajstić information content (AvgIpc) is 2.47. The number of benzene rings is 2. The Morgan fingerprint density at radius 3 is 2.65 bits per heavy atom. The lowest BCUT2D eigenvalue weighted by molar-refractivity contribution is -0.118. The molecule has 0 atom stereocenters. The zero-order chi connectivity index (χ0) is 14.4. The fourth-order valence-corrected chi connectivity index (χ4v) is 1.73. The fraction of sp³-hybridized carbons (Fsp3) is 0.188. The van der Waals surface area contributed by atoms with Crippen LogP contribution in [0.3, 0.4) is 0 Å². The van der Waals surface area contributed by atoms with Gasteiger partial charge in [-0.3, -0.25) is 4.79 Å². The van der Waals surface area contributed by atoms with E-state index < -0.39 is 0 Å². The quantitative estimate of drug-likeness (QED) is 0.878. The van der Waals surface area contributed by atoms with Gasteiger partial charge in [0.05, 0.1) is 6.61 Å². The molecule has 1 amide bonds. The largest absolute Gasteiger partial charge is 0.484 e. The van der Waals surface area contributed by atoms with Crippen LogP contribution in [0.1, 0.15) is 11.1 Å². The van der Waals surface area contributed by atoms with Crippen molar-refractivity contribution in [3.63, 3.8) is 0 Å². The standard InChI is InChI=1S/C16H17NO3/c1-12-5-7-15(8-6-12)20-11-16(19)17-14-4-2-3-13(9-14)10-18/h2-9,18H,10-11H2,1H3,(H,17,19). The van der Waals surface area contributed by atoms with E-state index in [9.17, 15) is 4.79 Å². The summed E-state index contributed by atoms with van der Waals surface area (Å²) in [6.07, 6.45) is 0. The Labute approximate surface area is 118 Å². The normalized spacial score (nSPS) is 10.1. The molecule has 2 aromatic rings. The van der Waals surface area contributed by atoms with E-state index in [0.717, 1.165) is 11.1 Å². The molecule has 4 heteroatoms. The van der Waals surface area contributed by atoms with E-state index in [2.05, 4.69) is 5.32 Å². The van der Waals surface area contributed by atoms with Gasteiger partial charge in [0.15, 0.2) is 6.61 Å². The first-order valence-corrected chi connectivity index (χ1v) is 6.36. The Morgan fingerprint density at radius 1 is 1.20 bits per heavy atom. The SMILES string of the molecule is Cc1ccc(OCC(=O)Nc2cccc(CO)c2)cc1. The van der Waals surface area contributed by atoms with Crippen LogP contribution in [0.4, 0.5) is 5.69 Å². The zero-order valence-electron chi connectivity index (χ0n) is 11.3. The maximum absolute atomic E-state index is 11.8. The number of rotatable bonds is 5. The molecule has 0 radical (unpaired) electrons. The summed E-state index contributed by atoms with van der Waals surface area (Å²) in [5.41, 5.74) is 2.54. The molecule has 104 valence electrons. The minimum absolute atomic E-state index is 0.0492. The van der Waals surface area contributed by atoms with E-state index >= 15 is 0 Å². The number of aliphatic hydroxyl groups excluding tert-OH is 1. The highest BCUT2D eigenvalue weighted by Gasteiger charge is 2.04. The summed E-state index contributed by atoms with van der Waals surface area (Å²) in [5.74, 6) is 0.426. The Balaban J connectivity index is 1.87. The molecule has 0 aliphatic carbocycles. The lowest BCUT2D eigenvalue weighted by Crippen LogP contribution is -2.20. The first kappa shape index (κ1) is 14.1. The summed E-state index contributed by atoms with van der Waals surface area (Å²) in [4.78, 5) is 11.8. The van der Waals surface area contributed by atoms with Crippen molar-refractivity contribution in [3.8, 4) is 5.75 Å². The van der Waals surface area contributed by atoms with E-state index in [0.29, 0.717) is 11.4 Å². The minimum Gasteiger partial charge on any atom is -0.484 e. The van der Waals surface area contributed by atoms with E-state index in [1.54, 1.807) is 24.3 Å². The van der Waals surface area contributed by atoms with Crippen LogP contribution in [0.2, 0.25) is 0 Å². The van der Waals surface area contributed by atoms with E-state index in [1.807, 2.05) is 31.2 Å². The van der Waals surface area contributed by atoms with Gasteiger partial charge in [0.1, 0.15) is 5.75 Å². The van der Waals surface area contributed by atoms with Gasteiger partial charge >= 0.3 is 0 Å². The molecule has 0 spiro atoms. The van der Waals surface area contributed by atoms with Crippen molar-refractivity contribution in [2.75, 3.05) is 11.9 Å². The number of amides is 1.